The van der Waals surface area contributed by atoms with Crippen LogP contribution in [0, 0.1) is 0 Å². The average Bonchev–Trinajstić information content (AvgIpc) is 2.71. The summed E-state index contributed by atoms with van der Waals surface area (Å²) in [7, 11) is 1.49. The third-order valence-corrected chi connectivity index (χ3v) is 4.62. The number of amides is 1. The summed E-state index contributed by atoms with van der Waals surface area (Å²) in [6, 6.07) is 18.0. The molecule has 0 radical (unpaired) electrons. The van der Waals surface area contributed by atoms with E-state index in [1.165, 1.54) is 7.11 Å². The largest absolute Gasteiger partial charge is 0.496 e. The molecule has 0 aliphatic rings. The summed E-state index contributed by atoms with van der Waals surface area (Å²) >= 11 is 5.87. The van der Waals surface area contributed by atoms with Gasteiger partial charge in [0.05, 0.1) is 13.2 Å². The molecule has 0 saturated carbocycles. The molecule has 0 heterocycles. The van der Waals surface area contributed by atoms with Crippen LogP contribution in [0.3, 0.4) is 0 Å². The lowest BCUT2D eigenvalue weighted by molar-refractivity contribution is -0.124. The van der Waals surface area contributed by atoms with Crippen molar-refractivity contribution in [3.63, 3.8) is 0 Å². The first-order valence-corrected chi connectivity index (χ1v) is 9.14. The van der Waals surface area contributed by atoms with Gasteiger partial charge in [-0.15, -0.1) is 0 Å². The molecule has 144 valence electrons. The van der Waals surface area contributed by atoms with Crippen LogP contribution in [0.25, 0.3) is 10.8 Å². The van der Waals surface area contributed by atoms with E-state index in [0.29, 0.717) is 10.8 Å². The van der Waals surface area contributed by atoms with Crippen molar-refractivity contribution in [3.05, 3.63) is 76.8 Å². The van der Waals surface area contributed by atoms with Crippen LogP contribution in [0.15, 0.2) is 60.7 Å². The average molecular weight is 398 g/mol. The molecule has 5 nitrogen and oxygen atoms in total. The van der Waals surface area contributed by atoms with E-state index in [0.717, 1.165) is 16.3 Å². The number of nitrogens with one attached hydrogen (secondary N) is 1. The zero-order valence-corrected chi connectivity index (χ0v) is 16.3. The predicted molar refractivity (Wildman–Crippen MR) is 109 cm³/mol. The Hall–Kier alpha value is -3.05. The Kier molecular flexibility index (Phi) is 6.16. The van der Waals surface area contributed by atoms with Crippen molar-refractivity contribution in [2.45, 2.75) is 13.0 Å². The van der Waals surface area contributed by atoms with Gasteiger partial charge in [-0.25, -0.2) is 4.79 Å². The van der Waals surface area contributed by atoms with Gasteiger partial charge in [0.1, 0.15) is 11.3 Å². The number of rotatable bonds is 6. The third-order valence-electron chi connectivity index (χ3n) is 4.37. The van der Waals surface area contributed by atoms with E-state index in [9.17, 15) is 9.59 Å². The van der Waals surface area contributed by atoms with E-state index >= 15 is 0 Å². The number of hydrogen-bond acceptors (Lipinski definition) is 4. The summed E-state index contributed by atoms with van der Waals surface area (Å²) in [5, 5.41) is 5.25. The summed E-state index contributed by atoms with van der Waals surface area (Å²) < 4.78 is 10.5. The number of benzene rings is 3. The standard InChI is InChI=1S/C22H20ClNO4/c1-14(15-7-9-18(23)10-8-15)24-21(25)13-28-22(26)19-11-16-5-3-4-6-17(16)12-20(19)27-2/h3-12,14H,13H2,1-2H3,(H,24,25)/t14-/m0/s1. The van der Waals surface area contributed by atoms with E-state index in [2.05, 4.69) is 5.32 Å². The zero-order valence-electron chi connectivity index (χ0n) is 15.6. The number of carbonyl (C=O) groups excluding carboxylic acids is 2. The molecule has 28 heavy (non-hydrogen) atoms. The minimum atomic E-state index is -0.614. The lowest BCUT2D eigenvalue weighted by Gasteiger charge is -2.15. The van der Waals surface area contributed by atoms with Gasteiger partial charge in [-0.2, -0.15) is 0 Å². The quantitative estimate of drug-likeness (QED) is 0.620. The van der Waals surface area contributed by atoms with E-state index in [1.54, 1.807) is 24.3 Å². The molecule has 1 N–H and O–H groups in total. The summed E-state index contributed by atoms with van der Waals surface area (Å²) in [4.78, 5) is 24.6. The van der Waals surface area contributed by atoms with E-state index < -0.39 is 11.9 Å². The summed E-state index contributed by atoms with van der Waals surface area (Å²) in [5.74, 6) is -0.605. The van der Waals surface area contributed by atoms with Crippen molar-refractivity contribution in [3.8, 4) is 5.75 Å². The first-order chi connectivity index (χ1) is 13.5. The van der Waals surface area contributed by atoms with Crippen molar-refractivity contribution in [2.75, 3.05) is 13.7 Å². The van der Waals surface area contributed by atoms with Crippen molar-refractivity contribution >= 4 is 34.2 Å². The van der Waals surface area contributed by atoms with E-state index in [1.807, 2.05) is 43.3 Å². The minimum absolute atomic E-state index is 0.237. The zero-order chi connectivity index (χ0) is 20.1. The van der Waals surface area contributed by atoms with Crippen molar-refractivity contribution < 1.29 is 19.1 Å². The number of halogens is 1. The van der Waals surface area contributed by atoms with Crippen LogP contribution in [-0.2, 0) is 9.53 Å². The molecule has 1 atom stereocenters. The number of methoxy groups -OCH3 is 1. The van der Waals surface area contributed by atoms with Gasteiger partial charge in [0.25, 0.3) is 5.91 Å². The van der Waals surface area contributed by atoms with Crippen LogP contribution < -0.4 is 10.1 Å². The second kappa shape index (κ2) is 8.76. The van der Waals surface area contributed by atoms with E-state index in [4.69, 9.17) is 21.1 Å². The van der Waals surface area contributed by atoms with Gasteiger partial charge in [-0.1, -0.05) is 48.0 Å². The fourth-order valence-corrected chi connectivity index (χ4v) is 3.00. The molecule has 0 aliphatic carbocycles. The Balaban J connectivity index is 1.64. The highest BCUT2D eigenvalue weighted by Crippen LogP contribution is 2.26. The van der Waals surface area contributed by atoms with Crippen molar-refractivity contribution in [1.29, 1.82) is 0 Å². The van der Waals surface area contributed by atoms with Gasteiger partial charge in [0.15, 0.2) is 6.61 Å². The molecular weight excluding hydrogens is 378 g/mol. The van der Waals surface area contributed by atoms with Gasteiger partial charge < -0.3 is 14.8 Å². The maximum Gasteiger partial charge on any atom is 0.342 e. The molecule has 3 aromatic carbocycles. The highest BCUT2D eigenvalue weighted by molar-refractivity contribution is 6.30. The lowest BCUT2D eigenvalue weighted by Crippen LogP contribution is -2.31. The SMILES string of the molecule is COc1cc2ccccc2cc1C(=O)OCC(=O)N[C@@H](C)c1ccc(Cl)cc1. The fourth-order valence-electron chi connectivity index (χ4n) is 2.87. The van der Waals surface area contributed by atoms with Gasteiger partial charge in [0.2, 0.25) is 0 Å². The molecule has 1 amide bonds. The Bertz CT molecular complexity index is 1000. The first kappa shape index (κ1) is 19.7. The van der Waals surface area contributed by atoms with Gasteiger partial charge >= 0.3 is 5.97 Å². The molecule has 6 heteroatoms. The summed E-state index contributed by atoms with van der Waals surface area (Å²) in [6.07, 6.45) is 0. The van der Waals surface area contributed by atoms with Crippen LogP contribution in [0.4, 0.5) is 0 Å². The summed E-state index contributed by atoms with van der Waals surface area (Å²) in [5.41, 5.74) is 1.18. The fraction of sp³-hybridized carbons (Fsp3) is 0.182. The Labute approximate surface area is 168 Å². The lowest BCUT2D eigenvalue weighted by atomic mass is 10.1. The third kappa shape index (κ3) is 4.61. The molecule has 0 saturated heterocycles. The molecule has 0 unspecified atom stereocenters. The normalized spacial score (nSPS) is 11.7. The second-order valence-electron chi connectivity index (χ2n) is 6.32. The topological polar surface area (TPSA) is 64.6 Å². The van der Waals surface area contributed by atoms with E-state index in [-0.39, 0.29) is 18.2 Å². The first-order valence-electron chi connectivity index (χ1n) is 8.76. The molecule has 0 bridgehead atoms. The van der Waals surface area contributed by atoms with Crippen LogP contribution in [0.2, 0.25) is 5.02 Å². The van der Waals surface area contributed by atoms with Crippen LogP contribution >= 0.6 is 11.6 Å². The molecule has 0 spiro atoms. The van der Waals surface area contributed by atoms with Gasteiger partial charge in [0, 0.05) is 5.02 Å². The van der Waals surface area contributed by atoms with Crippen LogP contribution in [-0.4, -0.2) is 25.6 Å². The Morgan fingerprint density at radius 1 is 1.04 bits per heavy atom. The highest BCUT2D eigenvalue weighted by atomic mass is 35.5. The number of carbonyl (C=O) groups is 2. The Morgan fingerprint density at radius 3 is 2.32 bits per heavy atom. The number of ether oxygens (including phenoxy) is 2. The van der Waals surface area contributed by atoms with Crippen molar-refractivity contribution in [1.82, 2.24) is 5.32 Å². The van der Waals surface area contributed by atoms with Crippen molar-refractivity contribution in [2.24, 2.45) is 0 Å². The van der Waals surface area contributed by atoms with Crippen LogP contribution in [0.1, 0.15) is 28.9 Å². The number of fused-ring (bicyclic) bond motifs is 1. The number of hydrogen-bond donors (Lipinski definition) is 1. The number of esters is 1. The summed E-state index contributed by atoms with van der Waals surface area (Å²) in [6.45, 7) is 1.46. The van der Waals surface area contributed by atoms with Crippen LogP contribution in [0.5, 0.6) is 5.75 Å². The molecule has 0 fully saturated rings. The maximum absolute atomic E-state index is 12.5. The molecule has 3 rings (SSSR count). The molecular formula is C22H20ClNO4. The monoisotopic (exact) mass is 397 g/mol. The molecule has 0 aromatic heterocycles. The Morgan fingerprint density at radius 2 is 1.68 bits per heavy atom. The van der Waals surface area contributed by atoms with Gasteiger partial charge in [-0.05, 0) is 47.5 Å². The van der Waals surface area contributed by atoms with Gasteiger partial charge in [-0.3, -0.25) is 4.79 Å². The minimum Gasteiger partial charge on any atom is -0.496 e. The highest BCUT2D eigenvalue weighted by Gasteiger charge is 2.17. The maximum atomic E-state index is 12.5. The second-order valence-corrected chi connectivity index (χ2v) is 6.75. The predicted octanol–water partition coefficient (Wildman–Crippen LogP) is 4.54. The molecule has 3 aromatic rings. The smallest absolute Gasteiger partial charge is 0.342 e. The molecule has 0 aliphatic heterocycles.